The molecule has 0 radical (unpaired) electrons. The van der Waals surface area contributed by atoms with Crippen LogP contribution in [0.2, 0.25) is 0 Å². The van der Waals surface area contributed by atoms with Crippen LogP contribution in [0.25, 0.3) is 0 Å². The first-order valence-corrected chi connectivity index (χ1v) is 6.97. The second-order valence-corrected chi connectivity index (χ2v) is 5.17. The third-order valence-corrected chi connectivity index (χ3v) is 4.56. The molecule has 1 aliphatic carbocycles. The molecule has 1 aromatic heterocycles. The molecule has 2 nitrogen and oxygen atoms in total. The molecule has 1 heterocycles. The summed E-state index contributed by atoms with van der Waals surface area (Å²) in [7, 11) is 0. The van der Waals surface area contributed by atoms with E-state index >= 15 is 0 Å². The van der Waals surface area contributed by atoms with Crippen molar-refractivity contribution in [3.63, 3.8) is 0 Å². The molecule has 0 unspecified atom stereocenters. The second-order valence-electron chi connectivity index (χ2n) is 4.61. The quantitative estimate of drug-likeness (QED) is 0.752. The lowest BCUT2D eigenvalue weighted by Gasteiger charge is -2.11. The number of alkyl halides is 1. The van der Waals surface area contributed by atoms with E-state index in [0.717, 1.165) is 18.3 Å². The number of hydrogen-bond donors (Lipinski definition) is 0. The molecule has 0 aliphatic heterocycles. The van der Waals surface area contributed by atoms with Crippen LogP contribution in [0.5, 0.6) is 0 Å². The molecule has 0 bridgehead atoms. The molecular formula is C12H19BrN2. The molecule has 84 valence electrons. The molecule has 1 saturated carbocycles. The van der Waals surface area contributed by atoms with Gasteiger partial charge in [0.1, 0.15) is 0 Å². The maximum absolute atomic E-state index is 4.59. The highest BCUT2D eigenvalue weighted by atomic mass is 79.9. The highest BCUT2D eigenvalue weighted by molar-refractivity contribution is 9.09. The van der Waals surface area contributed by atoms with Crippen LogP contribution in [0.4, 0.5) is 0 Å². The lowest BCUT2D eigenvalue weighted by molar-refractivity contribution is 0.528. The average molecular weight is 271 g/mol. The van der Waals surface area contributed by atoms with Gasteiger partial charge in [-0.2, -0.15) is 5.10 Å². The van der Waals surface area contributed by atoms with Crippen LogP contribution in [0, 0.1) is 5.41 Å². The molecule has 1 aromatic rings. The minimum Gasteiger partial charge on any atom is -0.270 e. The maximum Gasteiger partial charge on any atom is 0.0624 e. The van der Waals surface area contributed by atoms with Crippen LogP contribution in [0.3, 0.4) is 0 Å². The highest BCUT2D eigenvalue weighted by Crippen LogP contribution is 2.49. The lowest BCUT2D eigenvalue weighted by atomic mass is 10.0. The van der Waals surface area contributed by atoms with Gasteiger partial charge in [0.05, 0.1) is 5.69 Å². The molecule has 1 fully saturated rings. The molecule has 0 N–H and O–H groups in total. The van der Waals surface area contributed by atoms with Crippen molar-refractivity contribution in [2.45, 2.75) is 46.1 Å². The summed E-state index contributed by atoms with van der Waals surface area (Å²) in [6.07, 6.45) is 4.98. The first-order chi connectivity index (χ1) is 7.23. The van der Waals surface area contributed by atoms with Crippen molar-refractivity contribution in [3.8, 4) is 0 Å². The first kappa shape index (κ1) is 11.2. The van der Waals surface area contributed by atoms with E-state index in [1.165, 1.54) is 30.7 Å². The molecule has 2 rings (SSSR count). The molecule has 0 aromatic carbocycles. The van der Waals surface area contributed by atoms with Crippen LogP contribution in [-0.2, 0) is 19.4 Å². The van der Waals surface area contributed by atoms with Crippen molar-refractivity contribution in [2.75, 3.05) is 5.33 Å². The summed E-state index contributed by atoms with van der Waals surface area (Å²) < 4.78 is 2.17. The summed E-state index contributed by atoms with van der Waals surface area (Å²) in [4.78, 5) is 0. The molecular weight excluding hydrogens is 252 g/mol. The molecule has 0 saturated heterocycles. The van der Waals surface area contributed by atoms with Crippen molar-refractivity contribution in [1.82, 2.24) is 9.78 Å². The van der Waals surface area contributed by atoms with Crippen LogP contribution in [-0.4, -0.2) is 15.1 Å². The Morgan fingerprint density at radius 2 is 2.20 bits per heavy atom. The van der Waals surface area contributed by atoms with Gasteiger partial charge in [-0.3, -0.25) is 4.68 Å². The van der Waals surface area contributed by atoms with E-state index in [1.807, 2.05) is 0 Å². The largest absolute Gasteiger partial charge is 0.270 e. The zero-order valence-corrected chi connectivity index (χ0v) is 11.2. The predicted molar refractivity (Wildman–Crippen MR) is 66.4 cm³/mol. The Hall–Kier alpha value is -0.310. The van der Waals surface area contributed by atoms with E-state index in [1.54, 1.807) is 0 Å². The smallest absolute Gasteiger partial charge is 0.0624 e. The third-order valence-electron chi connectivity index (χ3n) is 3.37. The van der Waals surface area contributed by atoms with Gasteiger partial charge in [0.25, 0.3) is 0 Å². The average Bonchev–Trinajstić information content (AvgIpc) is 2.92. The van der Waals surface area contributed by atoms with Crippen molar-refractivity contribution in [3.05, 3.63) is 17.5 Å². The Morgan fingerprint density at radius 1 is 1.47 bits per heavy atom. The van der Waals surface area contributed by atoms with Crippen molar-refractivity contribution in [1.29, 1.82) is 0 Å². The van der Waals surface area contributed by atoms with Gasteiger partial charge in [-0.05, 0) is 44.1 Å². The molecule has 15 heavy (non-hydrogen) atoms. The van der Waals surface area contributed by atoms with Gasteiger partial charge in [-0.15, -0.1) is 0 Å². The third kappa shape index (κ3) is 2.27. The zero-order valence-electron chi connectivity index (χ0n) is 9.59. The van der Waals surface area contributed by atoms with E-state index in [-0.39, 0.29) is 0 Å². The molecule has 0 spiro atoms. The fourth-order valence-electron chi connectivity index (χ4n) is 2.02. The fourth-order valence-corrected chi connectivity index (χ4v) is 2.78. The van der Waals surface area contributed by atoms with Crippen LogP contribution in [0.15, 0.2) is 6.07 Å². The van der Waals surface area contributed by atoms with Crippen molar-refractivity contribution < 1.29 is 0 Å². The highest BCUT2D eigenvalue weighted by Gasteiger charge is 2.42. The van der Waals surface area contributed by atoms with Crippen LogP contribution >= 0.6 is 15.9 Å². The Balaban J connectivity index is 2.15. The van der Waals surface area contributed by atoms with E-state index < -0.39 is 0 Å². The van der Waals surface area contributed by atoms with E-state index in [4.69, 9.17) is 0 Å². The number of hydrogen-bond acceptors (Lipinski definition) is 1. The Labute approximate surface area is 100 Å². The zero-order chi connectivity index (χ0) is 10.9. The molecule has 0 atom stereocenters. The van der Waals surface area contributed by atoms with E-state index in [9.17, 15) is 0 Å². The summed E-state index contributed by atoms with van der Waals surface area (Å²) in [6, 6.07) is 2.28. The van der Waals surface area contributed by atoms with Crippen molar-refractivity contribution in [2.24, 2.45) is 5.41 Å². The van der Waals surface area contributed by atoms with Gasteiger partial charge in [0, 0.05) is 17.6 Å². The number of aromatic nitrogens is 2. The lowest BCUT2D eigenvalue weighted by Crippen LogP contribution is -2.11. The van der Waals surface area contributed by atoms with Gasteiger partial charge in [0.15, 0.2) is 0 Å². The minimum absolute atomic E-state index is 0.554. The predicted octanol–water partition coefficient (Wildman–Crippen LogP) is 3.18. The van der Waals surface area contributed by atoms with Gasteiger partial charge in [-0.1, -0.05) is 22.9 Å². The molecule has 0 amide bonds. The van der Waals surface area contributed by atoms with Gasteiger partial charge >= 0.3 is 0 Å². The first-order valence-electron chi connectivity index (χ1n) is 5.84. The summed E-state index contributed by atoms with van der Waals surface area (Å²) in [5.41, 5.74) is 3.21. The standard InChI is InChI=1S/C12H19BrN2/c1-3-10-7-11(15(4-2)14-10)8-12(9-13)5-6-12/h7H,3-6,8-9H2,1-2H3. The second kappa shape index (κ2) is 4.28. The van der Waals surface area contributed by atoms with E-state index in [0.29, 0.717) is 5.41 Å². The topological polar surface area (TPSA) is 17.8 Å². The molecule has 3 heteroatoms. The summed E-state index contributed by atoms with van der Waals surface area (Å²) in [6.45, 7) is 5.33. The Bertz CT molecular complexity index is 339. The number of rotatable bonds is 5. The monoisotopic (exact) mass is 270 g/mol. The van der Waals surface area contributed by atoms with Gasteiger partial charge < -0.3 is 0 Å². The Morgan fingerprint density at radius 3 is 2.67 bits per heavy atom. The fraction of sp³-hybridized carbons (Fsp3) is 0.750. The minimum atomic E-state index is 0.554. The van der Waals surface area contributed by atoms with Gasteiger partial charge in [-0.25, -0.2) is 0 Å². The maximum atomic E-state index is 4.59. The molecule has 1 aliphatic rings. The Kier molecular flexibility index (Phi) is 3.19. The van der Waals surface area contributed by atoms with Crippen LogP contribution in [0.1, 0.15) is 38.1 Å². The number of halogens is 1. The normalized spacial score (nSPS) is 18.1. The van der Waals surface area contributed by atoms with E-state index in [2.05, 4.69) is 45.6 Å². The summed E-state index contributed by atoms with van der Waals surface area (Å²) in [5.74, 6) is 0. The van der Waals surface area contributed by atoms with Gasteiger partial charge in [0.2, 0.25) is 0 Å². The van der Waals surface area contributed by atoms with Crippen LogP contribution < -0.4 is 0 Å². The number of aryl methyl sites for hydroxylation is 2. The summed E-state index contributed by atoms with van der Waals surface area (Å²) in [5, 5.41) is 5.73. The summed E-state index contributed by atoms with van der Waals surface area (Å²) >= 11 is 3.63. The SMILES string of the molecule is CCc1cc(CC2(CBr)CC2)n(CC)n1. The number of nitrogens with zero attached hydrogens (tertiary/aromatic N) is 2. The van der Waals surface area contributed by atoms with Crippen molar-refractivity contribution >= 4 is 15.9 Å².